The van der Waals surface area contributed by atoms with E-state index in [1.54, 1.807) is 54.6 Å². The van der Waals surface area contributed by atoms with Gasteiger partial charge in [0, 0.05) is 57.1 Å². The van der Waals surface area contributed by atoms with Crippen molar-refractivity contribution in [3.8, 4) is 23.0 Å². The zero-order chi connectivity index (χ0) is 36.3. The third-order valence-electron chi connectivity index (χ3n) is 7.67. The van der Waals surface area contributed by atoms with E-state index in [1.165, 1.54) is 30.3 Å². The van der Waals surface area contributed by atoms with Crippen LogP contribution in [-0.2, 0) is 27.5 Å². The standard InChI is InChI=1S/C20H14N2O5S.C16H11N3O4.Cr.2Na/c23-16-10-9-12-5-1-2-6-13(12)19(16)21-22-20-15-8-4-3-7-14(15)18(11-17(20)24)28(25,26)27;20-14-8-6-11(19(22)23)9-13(14)17-18-16-12-4-2-1-3-10(12)5-7-15(16)21;;;/h1-11,23-24H,(H,25,26,27);1-9,20-21H;;;/q;;;2*+1. The van der Waals surface area contributed by atoms with E-state index in [1.807, 2.05) is 24.3 Å². The molecular formula is C36H25CrN5Na2O9S+2. The third-order valence-corrected chi connectivity index (χ3v) is 8.57. The zero-order valence-electron chi connectivity index (χ0n) is 28.5. The van der Waals surface area contributed by atoms with E-state index >= 15 is 0 Å². The van der Waals surface area contributed by atoms with E-state index in [-0.39, 0.29) is 128 Å². The molecule has 0 aromatic heterocycles. The minimum absolute atomic E-state index is 0. The van der Waals surface area contributed by atoms with Gasteiger partial charge in [0.05, 0.1) is 4.92 Å². The molecule has 0 radical (unpaired) electrons. The Kier molecular flexibility index (Phi) is 15.3. The second-order valence-electron chi connectivity index (χ2n) is 10.9. The largest absolute Gasteiger partial charge is 1.00 e. The van der Waals surface area contributed by atoms with E-state index in [9.17, 15) is 43.5 Å². The first kappa shape index (κ1) is 44.0. The van der Waals surface area contributed by atoms with Gasteiger partial charge in [0.1, 0.15) is 50.6 Å². The topological polar surface area (TPSA) is 228 Å². The summed E-state index contributed by atoms with van der Waals surface area (Å²) < 4.78 is 32.7. The number of non-ortho nitro benzene ring substituents is 1. The molecule has 7 aromatic carbocycles. The van der Waals surface area contributed by atoms with Gasteiger partial charge in [0.2, 0.25) is 0 Å². The number of aromatic hydroxyl groups is 4. The van der Waals surface area contributed by atoms with Crippen molar-refractivity contribution in [2.24, 2.45) is 20.5 Å². The number of phenolic OH excluding ortho intramolecular Hbond substituents is 4. The Bertz CT molecular complexity index is 2680. The maximum absolute atomic E-state index is 11.6. The molecule has 14 nitrogen and oxygen atoms in total. The van der Waals surface area contributed by atoms with Crippen molar-refractivity contribution in [1.29, 1.82) is 0 Å². The van der Waals surface area contributed by atoms with Crippen molar-refractivity contribution in [3.63, 3.8) is 0 Å². The molecule has 0 atom stereocenters. The summed E-state index contributed by atoms with van der Waals surface area (Å²) in [6.07, 6.45) is 0. The summed E-state index contributed by atoms with van der Waals surface area (Å²) in [6.45, 7) is 0. The Labute approximate surface area is 362 Å². The maximum atomic E-state index is 11.6. The van der Waals surface area contributed by atoms with Crippen LogP contribution in [0.4, 0.5) is 28.4 Å². The minimum Gasteiger partial charge on any atom is -0.506 e. The number of hydrogen-bond donors (Lipinski definition) is 5. The fraction of sp³-hybridized carbons (Fsp3) is 0. The first-order valence-corrected chi connectivity index (χ1v) is 16.3. The van der Waals surface area contributed by atoms with E-state index in [2.05, 4.69) is 20.5 Å². The minimum atomic E-state index is -4.54. The van der Waals surface area contributed by atoms with Crippen molar-refractivity contribution in [2.75, 3.05) is 0 Å². The number of nitro groups is 1. The molecule has 0 aliphatic rings. The van der Waals surface area contributed by atoms with Crippen LogP contribution in [-0.4, -0.2) is 38.3 Å². The van der Waals surface area contributed by atoms with Crippen molar-refractivity contribution >= 4 is 70.9 Å². The second kappa shape index (κ2) is 18.7. The van der Waals surface area contributed by atoms with Crippen LogP contribution >= 0.6 is 0 Å². The molecule has 0 unspecified atom stereocenters. The molecule has 0 heterocycles. The molecule has 54 heavy (non-hydrogen) atoms. The molecule has 0 saturated carbocycles. The molecular weight excluding hydrogens is 776 g/mol. The normalized spacial score (nSPS) is 11.1. The number of azo groups is 2. The molecule has 0 spiro atoms. The van der Waals surface area contributed by atoms with Crippen LogP contribution in [0.1, 0.15) is 0 Å². The number of hydrogen-bond acceptors (Lipinski definition) is 12. The molecule has 260 valence electrons. The third kappa shape index (κ3) is 9.61. The molecule has 0 aliphatic heterocycles. The summed E-state index contributed by atoms with van der Waals surface area (Å²) in [5, 5.41) is 70.5. The first-order chi connectivity index (χ1) is 24.4. The fourth-order valence-corrected chi connectivity index (χ4v) is 5.95. The van der Waals surface area contributed by atoms with Gasteiger partial charge in [0.15, 0.2) is 0 Å². The van der Waals surface area contributed by atoms with E-state index in [0.717, 1.165) is 22.9 Å². The summed E-state index contributed by atoms with van der Waals surface area (Å²) in [6, 6.07) is 31.7. The van der Waals surface area contributed by atoms with Crippen LogP contribution in [0.2, 0.25) is 0 Å². The summed E-state index contributed by atoms with van der Waals surface area (Å²) in [4.78, 5) is 9.77. The first-order valence-electron chi connectivity index (χ1n) is 14.9. The van der Waals surface area contributed by atoms with Crippen LogP contribution < -0.4 is 59.1 Å². The smallest absolute Gasteiger partial charge is 0.506 e. The summed E-state index contributed by atoms with van der Waals surface area (Å²) in [7, 11) is -4.54. The molecule has 0 fully saturated rings. The van der Waals surface area contributed by atoms with Gasteiger partial charge < -0.3 is 20.4 Å². The molecule has 7 rings (SSSR count). The van der Waals surface area contributed by atoms with Gasteiger partial charge >= 0.3 is 59.1 Å². The fourth-order valence-electron chi connectivity index (χ4n) is 5.24. The van der Waals surface area contributed by atoms with Gasteiger partial charge in [-0.3, -0.25) is 14.7 Å². The molecule has 0 aliphatic carbocycles. The van der Waals surface area contributed by atoms with Crippen LogP contribution in [0.5, 0.6) is 23.0 Å². The quantitative estimate of drug-likeness (QED) is 0.0543. The predicted molar refractivity (Wildman–Crippen MR) is 190 cm³/mol. The predicted octanol–water partition coefficient (Wildman–Crippen LogP) is 3.65. The Hall–Kier alpha value is -4.44. The molecule has 7 aromatic rings. The molecule has 0 saturated heterocycles. The summed E-state index contributed by atoms with van der Waals surface area (Å²) in [5.41, 5.74) is 0.218. The maximum Gasteiger partial charge on any atom is 1.00 e. The molecule has 0 amide bonds. The van der Waals surface area contributed by atoms with Gasteiger partial charge in [-0.2, -0.15) is 8.42 Å². The van der Waals surface area contributed by atoms with E-state index in [0.29, 0.717) is 16.2 Å². The SMILES string of the molecule is O=S(=O)(O)c1cc(O)c(N=Nc2c(O)ccc3ccccc23)c2ccccc12.O=[N+]([O-])c1ccc(O)c(N=Nc2c(O)ccc3ccccc23)c1.[Cr].[Na+].[Na+]. The van der Waals surface area contributed by atoms with Crippen molar-refractivity contribution in [3.05, 3.63) is 131 Å². The van der Waals surface area contributed by atoms with Gasteiger partial charge in [-0.25, -0.2) is 0 Å². The van der Waals surface area contributed by atoms with E-state index in [4.69, 9.17) is 0 Å². The number of rotatable bonds is 6. The average molecular weight is 802 g/mol. The summed E-state index contributed by atoms with van der Waals surface area (Å²) >= 11 is 0. The van der Waals surface area contributed by atoms with Crippen LogP contribution in [0.25, 0.3) is 32.3 Å². The van der Waals surface area contributed by atoms with Gasteiger partial charge in [-0.15, -0.1) is 20.5 Å². The monoisotopic (exact) mass is 801 g/mol. The Morgan fingerprint density at radius 1 is 0.519 bits per heavy atom. The molecule has 18 heteroatoms. The number of benzene rings is 7. The molecule has 5 N–H and O–H groups in total. The Morgan fingerprint density at radius 3 is 1.44 bits per heavy atom. The Morgan fingerprint density at radius 2 is 0.944 bits per heavy atom. The Balaban J connectivity index is 0.000000280. The van der Waals surface area contributed by atoms with Crippen LogP contribution in [0.15, 0.2) is 147 Å². The van der Waals surface area contributed by atoms with Crippen molar-refractivity contribution in [2.45, 2.75) is 4.90 Å². The number of nitrogens with zero attached hydrogens (tertiary/aromatic N) is 5. The molecule has 0 bridgehead atoms. The number of phenols is 4. The number of nitro benzene ring substituents is 1. The zero-order valence-corrected chi connectivity index (χ0v) is 34.6. The average Bonchev–Trinajstić information content (AvgIpc) is 3.11. The van der Waals surface area contributed by atoms with Crippen LogP contribution in [0.3, 0.4) is 0 Å². The number of fused-ring (bicyclic) bond motifs is 3. The van der Waals surface area contributed by atoms with Gasteiger partial charge in [0.25, 0.3) is 15.8 Å². The van der Waals surface area contributed by atoms with E-state index < -0.39 is 25.7 Å². The summed E-state index contributed by atoms with van der Waals surface area (Å²) in [5.74, 6) is -0.855. The second-order valence-corrected chi connectivity index (χ2v) is 12.3. The van der Waals surface area contributed by atoms with Crippen molar-refractivity contribution in [1.82, 2.24) is 0 Å². The van der Waals surface area contributed by atoms with Crippen LogP contribution in [0, 0.1) is 10.1 Å². The van der Waals surface area contributed by atoms with Gasteiger partial charge in [-0.1, -0.05) is 84.9 Å². The van der Waals surface area contributed by atoms with Gasteiger partial charge in [-0.05, 0) is 29.0 Å². The van der Waals surface area contributed by atoms with Crippen molar-refractivity contribution < 1.29 is 115 Å².